The van der Waals surface area contributed by atoms with Crippen LogP contribution in [0.3, 0.4) is 0 Å². The van der Waals surface area contributed by atoms with Crippen LogP contribution < -0.4 is 5.32 Å². The molecular formula is C18H15ClN6O3. The molecule has 0 atom stereocenters. The Labute approximate surface area is 165 Å². The zero-order chi connectivity index (χ0) is 19.9. The van der Waals surface area contributed by atoms with E-state index in [1.54, 1.807) is 25.1 Å². The second-order valence-electron chi connectivity index (χ2n) is 5.54. The molecule has 0 saturated carbocycles. The van der Waals surface area contributed by atoms with Gasteiger partial charge in [-0.05, 0) is 41.1 Å². The van der Waals surface area contributed by atoms with Crippen LogP contribution >= 0.6 is 11.6 Å². The van der Waals surface area contributed by atoms with Crippen molar-refractivity contribution in [2.75, 3.05) is 11.9 Å². The van der Waals surface area contributed by atoms with E-state index in [1.807, 2.05) is 30.3 Å². The second kappa shape index (κ2) is 8.87. The Kier molecular flexibility index (Phi) is 6.07. The summed E-state index contributed by atoms with van der Waals surface area (Å²) in [6.45, 7) is 1.13. The van der Waals surface area contributed by atoms with Crippen molar-refractivity contribution in [3.8, 4) is 0 Å². The molecule has 0 spiro atoms. The predicted octanol–water partition coefficient (Wildman–Crippen LogP) is 2.21. The van der Waals surface area contributed by atoms with E-state index in [2.05, 4.69) is 25.8 Å². The molecule has 1 N–H and O–H groups in total. The SMILES string of the molecule is Cc1nnnn1/C(=C\c1ccccc1)C(=O)OCC(=O)Nc1cccnc1Cl. The van der Waals surface area contributed by atoms with E-state index in [4.69, 9.17) is 16.3 Å². The van der Waals surface area contributed by atoms with Crippen LogP contribution in [0.4, 0.5) is 5.69 Å². The summed E-state index contributed by atoms with van der Waals surface area (Å²) in [7, 11) is 0. The molecule has 10 heteroatoms. The fraction of sp³-hybridized carbons (Fsp3) is 0.111. The van der Waals surface area contributed by atoms with Crippen LogP contribution in [-0.4, -0.2) is 43.7 Å². The number of nitrogens with zero attached hydrogens (tertiary/aromatic N) is 5. The molecular weight excluding hydrogens is 384 g/mol. The van der Waals surface area contributed by atoms with Crippen molar-refractivity contribution in [3.63, 3.8) is 0 Å². The molecule has 0 radical (unpaired) electrons. The number of carbonyl (C=O) groups is 2. The zero-order valence-corrected chi connectivity index (χ0v) is 15.5. The Balaban J connectivity index is 1.73. The third-order valence-corrected chi connectivity index (χ3v) is 3.83. The van der Waals surface area contributed by atoms with Gasteiger partial charge in [-0.15, -0.1) is 5.10 Å². The zero-order valence-electron chi connectivity index (χ0n) is 14.7. The fourth-order valence-corrected chi connectivity index (χ4v) is 2.41. The van der Waals surface area contributed by atoms with Gasteiger partial charge in [-0.1, -0.05) is 41.9 Å². The van der Waals surface area contributed by atoms with Gasteiger partial charge in [-0.3, -0.25) is 4.79 Å². The maximum Gasteiger partial charge on any atom is 0.357 e. The number of ether oxygens (including phenoxy) is 1. The molecule has 3 rings (SSSR count). The number of halogens is 1. The molecule has 3 aromatic rings. The Morgan fingerprint density at radius 1 is 1.21 bits per heavy atom. The Morgan fingerprint density at radius 3 is 2.68 bits per heavy atom. The van der Waals surface area contributed by atoms with Crippen molar-refractivity contribution in [3.05, 3.63) is 65.2 Å². The van der Waals surface area contributed by atoms with Crippen LogP contribution in [0.15, 0.2) is 48.7 Å². The summed E-state index contributed by atoms with van der Waals surface area (Å²) in [5.41, 5.74) is 1.14. The molecule has 0 bridgehead atoms. The standard InChI is InChI=1S/C18H15ClN6O3/c1-12-22-23-24-25(12)15(10-13-6-3-2-4-7-13)18(27)28-11-16(26)21-14-8-5-9-20-17(14)19/h2-10H,11H2,1H3,(H,21,26)/b15-10-. The van der Waals surface area contributed by atoms with Gasteiger partial charge < -0.3 is 10.1 Å². The molecule has 9 nitrogen and oxygen atoms in total. The van der Waals surface area contributed by atoms with Gasteiger partial charge in [0.05, 0.1) is 5.69 Å². The summed E-state index contributed by atoms with van der Waals surface area (Å²) in [6, 6.07) is 12.3. The minimum absolute atomic E-state index is 0.0703. The highest BCUT2D eigenvalue weighted by molar-refractivity contribution is 6.32. The van der Waals surface area contributed by atoms with Crippen LogP contribution in [-0.2, 0) is 14.3 Å². The van der Waals surface area contributed by atoms with Crippen molar-refractivity contribution in [1.82, 2.24) is 25.2 Å². The Morgan fingerprint density at radius 2 is 2.00 bits per heavy atom. The van der Waals surface area contributed by atoms with Gasteiger partial charge >= 0.3 is 5.97 Å². The predicted molar refractivity (Wildman–Crippen MR) is 102 cm³/mol. The molecule has 0 aliphatic rings. The van der Waals surface area contributed by atoms with Gasteiger partial charge in [0, 0.05) is 6.20 Å². The Bertz CT molecular complexity index is 1020. The molecule has 0 fully saturated rings. The summed E-state index contributed by atoms with van der Waals surface area (Å²) < 4.78 is 6.37. The number of carbonyl (C=O) groups excluding carboxylic acids is 2. The Hall–Kier alpha value is -3.59. The molecule has 142 valence electrons. The minimum atomic E-state index is -0.758. The lowest BCUT2D eigenvalue weighted by Crippen LogP contribution is -2.23. The first kappa shape index (κ1) is 19.2. The van der Waals surface area contributed by atoms with Gasteiger partial charge in [-0.25, -0.2) is 9.78 Å². The number of aromatic nitrogens is 5. The third kappa shape index (κ3) is 4.77. The first-order chi connectivity index (χ1) is 13.5. The van der Waals surface area contributed by atoms with Crippen LogP contribution in [0.25, 0.3) is 11.8 Å². The lowest BCUT2D eigenvalue weighted by atomic mass is 10.2. The van der Waals surface area contributed by atoms with Crippen LogP contribution in [0.5, 0.6) is 0 Å². The maximum atomic E-state index is 12.6. The van der Waals surface area contributed by atoms with E-state index in [0.29, 0.717) is 11.5 Å². The van der Waals surface area contributed by atoms with Gasteiger partial charge in [0.1, 0.15) is 0 Å². The molecule has 0 aliphatic heterocycles. The van der Waals surface area contributed by atoms with Crippen molar-refractivity contribution in [2.45, 2.75) is 6.92 Å². The van der Waals surface area contributed by atoms with Gasteiger partial charge in [0.15, 0.2) is 23.3 Å². The highest BCUT2D eigenvalue weighted by Crippen LogP contribution is 2.17. The second-order valence-corrected chi connectivity index (χ2v) is 5.90. The molecule has 2 aromatic heterocycles. The van der Waals surface area contributed by atoms with Crippen LogP contribution in [0, 0.1) is 6.92 Å². The number of benzene rings is 1. The average Bonchev–Trinajstić information content (AvgIpc) is 3.12. The quantitative estimate of drug-likeness (QED) is 0.385. The molecule has 28 heavy (non-hydrogen) atoms. The first-order valence-electron chi connectivity index (χ1n) is 8.14. The number of anilines is 1. The highest BCUT2D eigenvalue weighted by atomic mass is 35.5. The van der Waals surface area contributed by atoms with Crippen LogP contribution in [0.2, 0.25) is 5.15 Å². The van der Waals surface area contributed by atoms with Gasteiger partial charge in [0.25, 0.3) is 5.91 Å². The summed E-state index contributed by atoms with van der Waals surface area (Å²) in [5.74, 6) is -0.923. The lowest BCUT2D eigenvalue weighted by molar-refractivity contribution is -0.141. The van der Waals surface area contributed by atoms with Gasteiger partial charge in [-0.2, -0.15) is 4.68 Å². The molecule has 1 aromatic carbocycles. The fourth-order valence-electron chi connectivity index (χ4n) is 2.24. The number of esters is 1. The van der Waals surface area contributed by atoms with Crippen molar-refractivity contribution in [1.29, 1.82) is 0 Å². The number of rotatable bonds is 6. The van der Waals surface area contributed by atoms with Gasteiger partial charge in [0.2, 0.25) is 0 Å². The topological polar surface area (TPSA) is 112 Å². The molecule has 1 amide bonds. The average molecular weight is 399 g/mol. The normalized spacial score (nSPS) is 11.1. The summed E-state index contributed by atoms with van der Waals surface area (Å²) in [4.78, 5) is 28.5. The number of hydrogen-bond acceptors (Lipinski definition) is 7. The maximum absolute atomic E-state index is 12.6. The number of hydrogen-bond donors (Lipinski definition) is 1. The highest BCUT2D eigenvalue weighted by Gasteiger charge is 2.19. The molecule has 0 unspecified atom stereocenters. The number of pyridine rings is 1. The van der Waals surface area contributed by atoms with Crippen LogP contribution in [0.1, 0.15) is 11.4 Å². The summed E-state index contributed by atoms with van der Waals surface area (Å²) in [6.07, 6.45) is 3.06. The number of tetrazole rings is 1. The van der Waals surface area contributed by atoms with E-state index in [0.717, 1.165) is 5.56 Å². The smallest absolute Gasteiger partial charge is 0.357 e. The van der Waals surface area contributed by atoms with E-state index in [1.165, 1.54) is 10.9 Å². The summed E-state index contributed by atoms with van der Waals surface area (Å²) in [5, 5.41) is 13.8. The molecule has 0 aliphatic carbocycles. The van der Waals surface area contributed by atoms with E-state index in [9.17, 15) is 9.59 Å². The lowest BCUT2D eigenvalue weighted by Gasteiger charge is -2.10. The number of amides is 1. The van der Waals surface area contributed by atoms with E-state index < -0.39 is 18.5 Å². The number of nitrogens with one attached hydrogen (secondary N) is 1. The van der Waals surface area contributed by atoms with Crippen molar-refractivity contribution in [2.24, 2.45) is 0 Å². The summed E-state index contributed by atoms with van der Waals surface area (Å²) >= 11 is 5.89. The number of aryl methyl sites for hydroxylation is 1. The van der Waals surface area contributed by atoms with E-state index >= 15 is 0 Å². The first-order valence-corrected chi connectivity index (χ1v) is 8.52. The van der Waals surface area contributed by atoms with Crippen molar-refractivity contribution >= 4 is 40.9 Å². The van der Waals surface area contributed by atoms with Crippen molar-refractivity contribution < 1.29 is 14.3 Å². The monoisotopic (exact) mass is 398 g/mol. The molecule has 2 heterocycles. The van der Waals surface area contributed by atoms with E-state index in [-0.39, 0.29) is 10.9 Å². The minimum Gasteiger partial charge on any atom is -0.451 e. The molecule has 0 saturated heterocycles. The largest absolute Gasteiger partial charge is 0.451 e. The third-order valence-electron chi connectivity index (χ3n) is 3.53.